The molecule has 3 rings (SSSR count). The fourth-order valence-corrected chi connectivity index (χ4v) is 3.10. The van der Waals surface area contributed by atoms with Gasteiger partial charge in [0.05, 0.1) is 13.2 Å². The summed E-state index contributed by atoms with van der Waals surface area (Å²) in [5.41, 5.74) is 1.28. The molecule has 1 saturated heterocycles. The number of nitrogens with zero attached hydrogens (tertiary/aromatic N) is 3. The zero-order valence-corrected chi connectivity index (χ0v) is 17.4. The molecule has 1 aliphatic heterocycles. The number of anilines is 1. The lowest BCUT2D eigenvalue weighted by atomic mass is 10.1. The van der Waals surface area contributed by atoms with E-state index in [1.807, 2.05) is 30.3 Å². The molecule has 29 heavy (non-hydrogen) atoms. The predicted molar refractivity (Wildman–Crippen MR) is 115 cm³/mol. The first kappa shape index (κ1) is 21.2. The molecular weight excluding hydrogens is 366 g/mol. The number of hydrogen-bond donors (Lipinski definition) is 2. The first-order valence-corrected chi connectivity index (χ1v) is 10.4. The lowest BCUT2D eigenvalue weighted by Gasteiger charge is -2.26. The van der Waals surface area contributed by atoms with Crippen molar-refractivity contribution in [3.8, 4) is 11.4 Å². The number of ether oxygens (including phenoxy) is 1. The highest BCUT2D eigenvalue weighted by atomic mass is 16.5. The minimum atomic E-state index is -0.165. The summed E-state index contributed by atoms with van der Waals surface area (Å²) >= 11 is 0. The highest BCUT2D eigenvalue weighted by Gasteiger charge is 2.14. The second kappa shape index (κ2) is 10.9. The van der Waals surface area contributed by atoms with E-state index in [0.29, 0.717) is 29.8 Å². The third kappa shape index (κ3) is 6.80. The zero-order chi connectivity index (χ0) is 20.5. The summed E-state index contributed by atoms with van der Waals surface area (Å²) < 4.78 is 5.39. The van der Waals surface area contributed by atoms with Crippen LogP contribution >= 0.6 is 0 Å². The molecule has 2 aromatic rings. The van der Waals surface area contributed by atoms with Gasteiger partial charge in [0, 0.05) is 44.4 Å². The number of aromatic nitrogens is 2. The third-order valence-electron chi connectivity index (χ3n) is 4.84. The van der Waals surface area contributed by atoms with Crippen LogP contribution in [0.3, 0.4) is 0 Å². The van der Waals surface area contributed by atoms with E-state index in [1.54, 1.807) is 6.07 Å². The van der Waals surface area contributed by atoms with Gasteiger partial charge >= 0.3 is 0 Å². The first-order valence-electron chi connectivity index (χ1n) is 10.4. The maximum Gasteiger partial charge on any atom is 0.270 e. The lowest BCUT2D eigenvalue weighted by Crippen LogP contribution is -2.39. The van der Waals surface area contributed by atoms with Crippen LogP contribution < -0.4 is 10.6 Å². The molecule has 0 bridgehead atoms. The quantitative estimate of drug-likeness (QED) is 0.677. The van der Waals surface area contributed by atoms with E-state index >= 15 is 0 Å². The number of benzene rings is 1. The summed E-state index contributed by atoms with van der Waals surface area (Å²) in [6.45, 7) is 10.0. The summed E-state index contributed by atoms with van der Waals surface area (Å²) in [5.74, 6) is 1.59. The van der Waals surface area contributed by atoms with E-state index < -0.39 is 0 Å². The third-order valence-corrected chi connectivity index (χ3v) is 4.84. The van der Waals surface area contributed by atoms with Crippen LogP contribution in [-0.2, 0) is 4.74 Å². The Kier molecular flexibility index (Phi) is 7.95. The van der Waals surface area contributed by atoms with Gasteiger partial charge in [0.15, 0.2) is 5.82 Å². The largest absolute Gasteiger partial charge is 0.379 e. The van der Waals surface area contributed by atoms with Gasteiger partial charge in [-0.25, -0.2) is 9.97 Å². The molecule has 1 amide bonds. The van der Waals surface area contributed by atoms with Gasteiger partial charge < -0.3 is 15.4 Å². The molecule has 0 radical (unpaired) electrons. The molecule has 0 atom stereocenters. The van der Waals surface area contributed by atoms with Crippen LogP contribution in [0.1, 0.15) is 30.8 Å². The van der Waals surface area contributed by atoms with Crippen molar-refractivity contribution in [3.63, 3.8) is 0 Å². The molecule has 1 aliphatic rings. The van der Waals surface area contributed by atoms with Gasteiger partial charge in [0.2, 0.25) is 0 Å². The highest BCUT2D eigenvalue weighted by molar-refractivity contribution is 5.93. The number of amides is 1. The molecule has 7 heteroatoms. The molecule has 1 fully saturated rings. The average molecular weight is 398 g/mol. The van der Waals surface area contributed by atoms with Crippen molar-refractivity contribution in [2.75, 3.05) is 51.3 Å². The van der Waals surface area contributed by atoms with Gasteiger partial charge in [-0.15, -0.1) is 0 Å². The van der Waals surface area contributed by atoms with Crippen molar-refractivity contribution >= 4 is 11.7 Å². The fourth-order valence-electron chi connectivity index (χ4n) is 3.10. The summed E-state index contributed by atoms with van der Waals surface area (Å²) in [7, 11) is 0. The average Bonchev–Trinajstić information content (AvgIpc) is 2.74. The van der Waals surface area contributed by atoms with Gasteiger partial charge in [0.25, 0.3) is 5.91 Å². The molecular formula is C22H31N5O2. The predicted octanol–water partition coefficient (Wildman–Crippen LogP) is 2.66. The summed E-state index contributed by atoms with van der Waals surface area (Å²) in [6, 6.07) is 11.5. The van der Waals surface area contributed by atoms with Gasteiger partial charge in [-0.05, 0) is 12.3 Å². The van der Waals surface area contributed by atoms with Crippen LogP contribution in [0.25, 0.3) is 11.4 Å². The first-order chi connectivity index (χ1) is 14.1. The fraction of sp³-hybridized carbons (Fsp3) is 0.500. The monoisotopic (exact) mass is 397 g/mol. The highest BCUT2D eigenvalue weighted by Crippen LogP contribution is 2.18. The molecule has 1 aromatic carbocycles. The lowest BCUT2D eigenvalue weighted by molar-refractivity contribution is 0.0398. The van der Waals surface area contributed by atoms with Crippen LogP contribution in [0.5, 0.6) is 0 Å². The van der Waals surface area contributed by atoms with Crippen molar-refractivity contribution < 1.29 is 9.53 Å². The Morgan fingerprint density at radius 1 is 1.14 bits per heavy atom. The minimum absolute atomic E-state index is 0.165. The molecule has 0 saturated carbocycles. The Bertz CT molecular complexity index is 776. The van der Waals surface area contributed by atoms with Crippen LogP contribution in [0.4, 0.5) is 5.82 Å². The molecule has 0 unspecified atom stereocenters. The van der Waals surface area contributed by atoms with Crippen molar-refractivity contribution in [2.45, 2.75) is 20.3 Å². The standard InChI is InChI=1S/C22H31N5O2/c1-17(2)8-9-24-22(28)19-16-20(23-10-11-27-12-14-29-15-13-27)26-21(25-19)18-6-4-3-5-7-18/h3-7,16-17H,8-15H2,1-2H3,(H,24,28)(H,23,25,26). The van der Waals surface area contributed by atoms with Crippen LogP contribution in [0.15, 0.2) is 36.4 Å². The number of morpholine rings is 1. The Balaban J connectivity index is 1.70. The Morgan fingerprint density at radius 2 is 1.90 bits per heavy atom. The smallest absolute Gasteiger partial charge is 0.270 e. The van der Waals surface area contributed by atoms with Crippen LogP contribution in [-0.4, -0.2) is 66.7 Å². The zero-order valence-electron chi connectivity index (χ0n) is 17.4. The number of carbonyl (C=O) groups is 1. The van der Waals surface area contributed by atoms with Gasteiger partial charge in [-0.2, -0.15) is 0 Å². The molecule has 1 aromatic heterocycles. The molecule has 0 spiro atoms. The number of nitrogens with one attached hydrogen (secondary N) is 2. The Morgan fingerprint density at radius 3 is 2.62 bits per heavy atom. The molecule has 2 heterocycles. The van der Waals surface area contributed by atoms with Crippen LogP contribution in [0, 0.1) is 5.92 Å². The van der Waals surface area contributed by atoms with E-state index in [0.717, 1.165) is 51.4 Å². The van der Waals surface area contributed by atoms with E-state index in [2.05, 4.69) is 39.3 Å². The van der Waals surface area contributed by atoms with E-state index in [4.69, 9.17) is 4.74 Å². The van der Waals surface area contributed by atoms with Crippen LogP contribution in [0.2, 0.25) is 0 Å². The number of rotatable bonds is 9. The molecule has 156 valence electrons. The molecule has 2 N–H and O–H groups in total. The topological polar surface area (TPSA) is 79.4 Å². The molecule has 7 nitrogen and oxygen atoms in total. The summed E-state index contributed by atoms with van der Waals surface area (Å²) in [4.78, 5) is 24.1. The van der Waals surface area contributed by atoms with Gasteiger partial charge in [-0.1, -0.05) is 44.2 Å². The maximum atomic E-state index is 12.6. The van der Waals surface area contributed by atoms with Crippen molar-refractivity contribution in [3.05, 3.63) is 42.1 Å². The van der Waals surface area contributed by atoms with E-state index in [-0.39, 0.29) is 5.91 Å². The Labute approximate surface area is 172 Å². The second-order valence-corrected chi connectivity index (χ2v) is 7.65. The van der Waals surface area contributed by atoms with Crippen molar-refractivity contribution in [1.82, 2.24) is 20.2 Å². The van der Waals surface area contributed by atoms with Gasteiger partial charge in [-0.3, -0.25) is 9.69 Å². The van der Waals surface area contributed by atoms with Gasteiger partial charge in [0.1, 0.15) is 11.5 Å². The second-order valence-electron chi connectivity index (χ2n) is 7.65. The van der Waals surface area contributed by atoms with Crippen molar-refractivity contribution in [1.29, 1.82) is 0 Å². The Hall–Kier alpha value is -2.51. The number of hydrogen-bond acceptors (Lipinski definition) is 6. The normalized spacial score (nSPS) is 14.7. The van der Waals surface area contributed by atoms with E-state index in [1.165, 1.54) is 0 Å². The minimum Gasteiger partial charge on any atom is -0.379 e. The number of carbonyl (C=O) groups excluding carboxylic acids is 1. The SMILES string of the molecule is CC(C)CCNC(=O)c1cc(NCCN2CCOCC2)nc(-c2ccccc2)n1. The summed E-state index contributed by atoms with van der Waals surface area (Å²) in [6.07, 6.45) is 0.938. The molecule has 0 aliphatic carbocycles. The van der Waals surface area contributed by atoms with E-state index in [9.17, 15) is 4.79 Å². The maximum absolute atomic E-state index is 12.6. The summed E-state index contributed by atoms with van der Waals surface area (Å²) in [5, 5.41) is 6.32. The van der Waals surface area contributed by atoms with Crippen molar-refractivity contribution in [2.24, 2.45) is 5.92 Å².